The van der Waals surface area contributed by atoms with Crippen molar-refractivity contribution in [2.75, 3.05) is 0 Å². The fraction of sp³-hybridized carbons (Fsp3) is 0.421. The number of carboxylic acids is 1. The topological polar surface area (TPSA) is 92.4 Å². The molecule has 1 amide bonds. The van der Waals surface area contributed by atoms with Gasteiger partial charge in [0.15, 0.2) is 0 Å². The summed E-state index contributed by atoms with van der Waals surface area (Å²) in [6.07, 6.45) is 3.92. The third-order valence-corrected chi connectivity index (χ3v) is 4.74. The molecular weight excluding hydrogens is 320 g/mol. The van der Waals surface area contributed by atoms with Gasteiger partial charge in [0, 0.05) is 11.5 Å². The first-order chi connectivity index (χ1) is 12.0. The Hall–Kier alpha value is -2.63. The van der Waals surface area contributed by atoms with E-state index in [-0.39, 0.29) is 17.7 Å². The van der Waals surface area contributed by atoms with Crippen LogP contribution in [0.2, 0.25) is 0 Å². The number of benzene rings is 1. The summed E-state index contributed by atoms with van der Waals surface area (Å²) in [6, 6.07) is 7.89. The summed E-state index contributed by atoms with van der Waals surface area (Å²) in [5, 5.41) is 11.9. The van der Waals surface area contributed by atoms with Gasteiger partial charge in [-0.25, -0.2) is 4.98 Å². The Morgan fingerprint density at radius 2 is 1.80 bits per heavy atom. The molecule has 0 bridgehead atoms. The number of amides is 1. The first kappa shape index (κ1) is 17.2. The first-order valence-electron chi connectivity index (χ1n) is 8.55. The van der Waals surface area contributed by atoms with E-state index < -0.39 is 5.97 Å². The smallest absolute Gasteiger partial charge is 0.306 e. The molecule has 1 heterocycles. The summed E-state index contributed by atoms with van der Waals surface area (Å²) in [4.78, 5) is 27.6. The Bertz CT molecular complexity index is 743. The number of carboxylic acid groups (broad SMARTS) is 1. The highest BCUT2D eigenvalue weighted by atomic mass is 16.4. The van der Waals surface area contributed by atoms with Crippen LogP contribution in [0.1, 0.15) is 36.9 Å². The molecule has 0 aliphatic heterocycles. The van der Waals surface area contributed by atoms with Crippen LogP contribution >= 0.6 is 0 Å². The molecule has 2 aromatic rings. The highest BCUT2D eigenvalue weighted by molar-refractivity contribution is 5.79. The van der Waals surface area contributed by atoms with E-state index in [0.29, 0.717) is 43.8 Å². The van der Waals surface area contributed by atoms with E-state index in [2.05, 4.69) is 10.3 Å². The minimum absolute atomic E-state index is 0.0382. The molecule has 132 valence electrons. The van der Waals surface area contributed by atoms with E-state index in [4.69, 9.17) is 9.52 Å². The van der Waals surface area contributed by atoms with Gasteiger partial charge in [-0.15, -0.1) is 0 Å². The van der Waals surface area contributed by atoms with Gasteiger partial charge in [-0.3, -0.25) is 9.59 Å². The van der Waals surface area contributed by atoms with E-state index in [0.717, 1.165) is 5.56 Å². The highest BCUT2D eigenvalue weighted by Crippen LogP contribution is 2.29. The van der Waals surface area contributed by atoms with Crippen LogP contribution in [0.25, 0.3) is 11.5 Å². The van der Waals surface area contributed by atoms with Crippen molar-refractivity contribution in [3.05, 3.63) is 41.8 Å². The van der Waals surface area contributed by atoms with E-state index in [9.17, 15) is 9.59 Å². The van der Waals surface area contributed by atoms with Crippen molar-refractivity contribution in [1.29, 1.82) is 0 Å². The van der Waals surface area contributed by atoms with Crippen molar-refractivity contribution in [2.45, 2.75) is 39.2 Å². The molecule has 2 N–H and O–H groups in total. The second-order valence-electron chi connectivity index (χ2n) is 6.61. The van der Waals surface area contributed by atoms with Gasteiger partial charge in [0.2, 0.25) is 11.8 Å². The number of nitrogens with zero attached hydrogens (tertiary/aromatic N) is 1. The monoisotopic (exact) mass is 342 g/mol. The van der Waals surface area contributed by atoms with Crippen LogP contribution in [-0.2, 0) is 16.1 Å². The number of rotatable bonds is 5. The molecule has 0 unspecified atom stereocenters. The number of oxazole rings is 1. The number of carbonyl (C=O) groups is 2. The number of nitrogens with one attached hydrogen (secondary N) is 1. The molecule has 6 heteroatoms. The second kappa shape index (κ2) is 7.51. The average molecular weight is 342 g/mol. The van der Waals surface area contributed by atoms with Crippen molar-refractivity contribution < 1.29 is 19.1 Å². The number of aryl methyl sites for hydroxylation is 1. The zero-order chi connectivity index (χ0) is 17.8. The lowest BCUT2D eigenvalue weighted by molar-refractivity contribution is -0.144. The number of carbonyl (C=O) groups excluding carboxylic acids is 1. The normalized spacial score (nSPS) is 20.2. The molecule has 1 aliphatic carbocycles. The van der Waals surface area contributed by atoms with Gasteiger partial charge in [-0.2, -0.15) is 0 Å². The molecule has 1 saturated carbocycles. The molecule has 0 radical (unpaired) electrons. The van der Waals surface area contributed by atoms with Crippen LogP contribution in [0.15, 0.2) is 34.9 Å². The van der Waals surface area contributed by atoms with Gasteiger partial charge in [0.25, 0.3) is 0 Å². The number of hydrogen-bond acceptors (Lipinski definition) is 4. The summed E-state index contributed by atoms with van der Waals surface area (Å²) < 4.78 is 5.48. The molecule has 1 aromatic carbocycles. The van der Waals surface area contributed by atoms with Gasteiger partial charge in [0.1, 0.15) is 6.26 Å². The Balaban J connectivity index is 1.51. The SMILES string of the molecule is Cc1ccc(-c2nc(CNC(=O)C3CCC(C(=O)O)CC3)co2)cc1. The maximum Gasteiger partial charge on any atom is 0.306 e. The number of aliphatic carboxylic acids is 1. The van der Waals surface area contributed by atoms with Crippen LogP contribution < -0.4 is 5.32 Å². The maximum absolute atomic E-state index is 12.2. The lowest BCUT2D eigenvalue weighted by Crippen LogP contribution is -2.34. The molecule has 1 fully saturated rings. The van der Waals surface area contributed by atoms with Crippen LogP contribution in [0, 0.1) is 18.8 Å². The van der Waals surface area contributed by atoms with Crippen molar-refractivity contribution in [1.82, 2.24) is 10.3 Å². The minimum Gasteiger partial charge on any atom is -0.481 e. The van der Waals surface area contributed by atoms with E-state index in [1.807, 2.05) is 31.2 Å². The zero-order valence-electron chi connectivity index (χ0n) is 14.2. The average Bonchev–Trinajstić information content (AvgIpc) is 3.09. The lowest BCUT2D eigenvalue weighted by Gasteiger charge is -2.25. The molecule has 25 heavy (non-hydrogen) atoms. The maximum atomic E-state index is 12.2. The fourth-order valence-corrected chi connectivity index (χ4v) is 3.14. The summed E-state index contributed by atoms with van der Waals surface area (Å²) >= 11 is 0. The quantitative estimate of drug-likeness (QED) is 0.871. The van der Waals surface area contributed by atoms with E-state index in [1.54, 1.807) is 6.26 Å². The van der Waals surface area contributed by atoms with Gasteiger partial charge < -0.3 is 14.8 Å². The third kappa shape index (κ3) is 4.26. The largest absolute Gasteiger partial charge is 0.481 e. The Morgan fingerprint density at radius 3 is 2.44 bits per heavy atom. The Labute approximate surface area is 146 Å². The minimum atomic E-state index is -0.759. The van der Waals surface area contributed by atoms with Crippen molar-refractivity contribution in [2.24, 2.45) is 11.8 Å². The molecule has 1 aromatic heterocycles. The molecular formula is C19H22N2O4. The van der Waals surface area contributed by atoms with Gasteiger partial charge in [-0.05, 0) is 44.7 Å². The summed E-state index contributed by atoms with van der Waals surface area (Å²) in [5.74, 6) is -0.684. The predicted molar refractivity (Wildman–Crippen MR) is 91.6 cm³/mol. The molecule has 1 aliphatic rings. The standard InChI is InChI=1S/C19H22N2O4/c1-12-2-4-14(5-3-12)18-21-16(11-25-18)10-20-17(22)13-6-8-15(9-7-13)19(23)24/h2-5,11,13,15H,6-10H2,1H3,(H,20,22)(H,23,24). The van der Waals surface area contributed by atoms with Crippen molar-refractivity contribution in [3.63, 3.8) is 0 Å². The predicted octanol–water partition coefficient (Wildman–Crippen LogP) is 3.16. The Kier molecular flexibility index (Phi) is 5.16. The van der Waals surface area contributed by atoms with E-state index in [1.165, 1.54) is 5.56 Å². The Morgan fingerprint density at radius 1 is 1.16 bits per heavy atom. The highest BCUT2D eigenvalue weighted by Gasteiger charge is 2.29. The fourth-order valence-electron chi connectivity index (χ4n) is 3.14. The van der Waals surface area contributed by atoms with Crippen molar-refractivity contribution >= 4 is 11.9 Å². The first-order valence-corrected chi connectivity index (χ1v) is 8.55. The van der Waals surface area contributed by atoms with Crippen LogP contribution in [0.3, 0.4) is 0 Å². The molecule has 0 atom stereocenters. The van der Waals surface area contributed by atoms with Gasteiger partial charge >= 0.3 is 5.97 Å². The molecule has 6 nitrogen and oxygen atoms in total. The summed E-state index contributed by atoms with van der Waals surface area (Å²) in [5.41, 5.74) is 2.73. The molecule has 0 saturated heterocycles. The van der Waals surface area contributed by atoms with Crippen LogP contribution in [-0.4, -0.2) is 22.0 Å². The number of hydrogen-bond donors (Lipinski definition) is 2. The summed E-state index contributed by atoms with van der Waals surface area (Å²) in [7, 11) is 0. The van der Waals surface area contributed by atoms with Gasteiger partial charge in [0.05, 0.1) is 18.2 Å². The second-order valence-corrected chi connectivity index (χ2v) is 6.61. The van der Waals surface area contributed by atoms with Crippen LogP contribution in [0.4, 0.5) is 0 Å². The zero-order valence-corrected chi connectivity index (χ0v) is 14.2. The molecule has 3 rings (SSSR count). The lowest BCUT2D eigenvalue weighted by atomic mass is 9.81. The summed E-state index contributed by atoms with van der Waals surface area (Å²) in [6.45, 7) is 2.33. The third-order valence-electron chi connectivity index (χ3n) is 4.74. The van der Waals surface area contributed by atoms with Crippen molar-refractivity contribution in [3.8, 4) is 11.5 Å². The van der Waals surface area contributed by atoms with E-state index >= 15 is 0 Å². The number of aromatic nitrogens is 1. The van der Waals surface area contributed by atoms with Crippen LogP contribution in [0.5, 0.6) is 0 Å². The molecule has 0 spiro atoms. The van der Waals surface area contributed by atoms with Gasteiger partial charge in [-0.1, -0.05) is 17.7 Å².